The molecule has 100 valence electrons. The van der Waals surface area contributed by atoms with Crippen LogP contribution >= 0.6 is 39.1 Å². The van der Waals surface area contributed by atoms with Gasteiger partial charge in [0.15, 0.2) is 0 Å². The molecular weight excluding hydrogens is 347 g/mol. The molecule has 2 rings (SSSR count). The van der Waals surface area contributed by atoms with Gasteiger partial charge in [0.2, 0.25) is 0 Å². The molecular formula is C14H13BrCl2N2. The maximum Gasteiger partial charge on any atom is 0.0614 e. The molecule has 0 saturated heterocycles. The third-order valence-corrected chi connectivity index (χ3v) is 4.03. The number of nitrogens with one attached hydrogen (secondary N) is 1. The summed E-state index contributed by atoms with van der Waals surface area (Å²) in [5, 5.41) is 4.28. The first kappa shape index (κ1) is 14.5. The molecule has 0 amide bonds. The number of anilines is 2. The summed E-state index contributed by atoms with van der Waals surface area (Å²) in [6, 6.07) is 11.6. The molecule has 1 unspecified atom stereocenters. The van der Waals surface area contributed by atoms with Crippen LogP contribution in [0.5, 0.6) is 0 Å². The van der Waals surface area contributed by atoms with Gasteiger partial charge in [0.25, 0.3) is 0 Å². The number of nitrogens with two attached hydrogens (primary N) is 1. The van der Waals surface area contributed by atoms with Crippen LogP contribution in [0.4, 0.5) is 11.4 Å². The van der Waals surface area contributed by atoms with Gasteiger partial charge < -0.3 is 11.1 Å². The van der Waals surface area contributed by atoms with Crippen molar-refractivity contribution in [3.63, 3.8) is 0 Å². The number of nitrogen functional groups attached to an aromatic ring is 1. The molecule has 2 nitrogen and oxygen atoms in total. The van der Waals surface area contributed by atoms with Gasteiger partial charge in [-0.15, -0.1) is 0 Å². The van der Waals surface area contributed by atoms with E-state index in [1.165, 1.54) is 0 Å². The molecule has 0 heterocycles. The lowest BCUT2D eigenvalue weighted by atomic mass is 10.1. The minimum atomic E-state index is 0.108. The highest BCUT2D eigenvalue weighted by Crippen LogP contribution is 2.33. The van der Waals surface area contributed by atoms with Crippen LogP contribution in [-0.2, 0) is 0 Å². The summed E-state index contributed by atoms with van der Waals surface area (Å²) in [7, 11) is 0. The molecule has 0 bridgehead atoms. The average molecular weight is 360 g/mol. The second-order valence-corrected chi connectivity index (χ2v) is 6.00. The van der Waals surface area contributed by atoms with Gasteiger partial charge in [0.1, 0.15) is 0 Å². The van der Waals surface area contributed by atoms with Crippen LogP contribution in [0.25, 0.3) is 0 Å². The zero-order chi connectivity index (χ0) is 14.0. The van der Waals surface area contributed by atoms with Crippen molar-refractivity contribution in [1.82, 2.24) is 0 Å². The lowest BCUT2D eigenvalue weighted by Gasteiger charge is -2.18. The minimum Gasteiger partial charge on any atom is -0.397 e. The van der Waals surface area contributed by atoms with E-state index >= 15 is 0 Å². The first-order valence-electron chi connectivity index (χ1n) is 5.74. The van der Waals surface area contributed by atoms with E-state index in [-0.39, 0.29) is 6.04 Å². The number of hydrogen-bond acceptors (Lipinski definition) is 2. The Morgan fingerprint density at radius 3 is 2.53 bits per heavy atom. The molecule has 2 aromatic rings. The van der Waals surface area contributed by atoms with Crippen molar-refractivity contribution in [2.24, 2.45) is 0 Å². The standard InChI is InChI=1S/C14H13BrCl2N2/c1-8(9-3-2-4-10(15)5-9)19-14-7-12(17)11(16)6-13(14)18/h2-8,19H,18H2,1H3. The normalized spacial score (nSPS) is 12.2. The Labute approximate surface area is 131 Å². The van der Waals surface area contributed by atoms with E-state index in [0.29, 0.717) is 15.7 Å². The Balaban J connectivity index is 2.24. The Bertz CT molecular complexity index is 602. The van der Waals surface area contributed by atoms with Gasteiger partial charge in [-0.3, -0.25) is 0 Å². The highest BCUT2D eigenvalue weighted by molar-refractivity contribution is 9.10. The summed E-state index contributed by atoms with van der Waals surface area (Å²) in [6.07, 6.45) is 0. The van der Waals surface area contributed by atoms with Crippen LogP contribution in [0.2, 0.25) is 10.0 Å². The molecule has 19 heavy (non-hydrogen) atoms. The molecule has 0 spiro atoms. The molecule has 0 aliphatic carbocycles. The zero-order valence-electron chi connectivity index (χ0n) is 10.3. The van der Waals surface area contributed by atoms with E-state index in [4.69, 9.17) is 28.9 Å². The van der Waals surface area contributed by atoms with E-state index in [0.717, 1.165) is 15.7 Å². The molecule has 1 atom stereocenters. The largest absolute Gasteiger partial charge is 0.397 e. The molecule has 0 saturated carbocycles. The van der Waals surface area contributed by atoms with Gasteiger partial charge in [-0.25, -0.2) is 0 Å². The Kier molecular flexibility index (Phi) is 4.61. The summed E-state index contributed by atoms with van der Waals surface area (Å²) in [5.74, 6) is 0. The smallest absolute Gasteiger partial charge is 0.0614 e. The average Bonchev–Trinajstić information content (AvgIpc) is 2.36. The Hall–Kier alpha value is -0.900. The highest BCUT2D eigenvalue weighted by atomic mass is 79.9. The molecule has 0 fully saturated rings. The van der Waals surface area contributed by atoms with Crippen molar-refractivity contribution in [2.75, 3.05) is 11.1 Å². The summed E-state index contributed by atoms with van der Waals surface area (Å²) in [5.41, 5.74) is 8.44. The third kappa shape index (κ3) is 3.56. The molecule has 0 aliphatic rings. The predicted octanol–water partition coefficient (Wildman–Crippen LogP) is 5.51. The van der Waals surface area contributed by atoms with Gasteiger partial charge >= 0.3 is 0 Å². The first-order valence-corrected chi connectivity index (χ1v) is 7.29. The lowest BCUT2D eigenvalue weighted by Crippen LogP contribution is -2.08. The van der Waals surface area contributed by atoms with Crippen LogP contribution in [0, 0.1) is 0 Å². The monoisotopic (exact) mass is 358 g/mol. The Morgan fingerprint density at radius 1 is 1.16 bits per heavy atom. The number of rotatable bonds is 3. The predicted molar refractivity (Wildman–Crippen MR) is 87.1 cm³/mol. The van der Waals surface area contributed by atoms with Crippen molar-refractivity contribution in [3.05, 3.63) is 56.5 Å². The van der Waals surface area contributed by atoms with Gasteiger partial charge in [0.05, 0.1) is 21.4 Å². The van der Waals surface area contributed by atoms with E-state index in [9.17, 15) is 0 Å². The summed E-state index contributed by atoms with van der Waals surface area (Å²) in [6.45, 7) is 2.06. The second-order valence-electron chi connectivity index (χ2n) is 4.27. The van der Waals surface area contributed by atoms with Crippen LogP contribution in [0.3, 0.4) is 0 Å². The van der Waals surface area contributed by atoms with E-state index < -0.39 is 0 Å². The maximum absolute atomic E-state index is 6.01. The van der Waals surface area contributed by atoms with Crippen molar-refractivity contribution in [2.45, 2.75) is 13.0 Å². The van der Waals surface area contributed by atoms with Crippen LogP contribution in [-0.4, -0.2) is 0 Å². The molecule has 0 aromatic heterocycles. The topological polar surface area (TPSA) is 38.0 Å². The SMILES string of the molecule is CC(Nc1cc(Cl)c(Cl)cc1N)c1cccc(Br)c1. The van der Waals surface area contributed by atoms with Gasteiger partial charge in [-0.1, -0.05) is 51.3 Å². The summed E-state index contributed by atoms with van der Waals surface area (Å²) in [4.78, 5) is 0. The van der Waals surface area contributed by atoms with Crippen LogP contribution < -0.4 is 11.1 Å². The fraction of sp³-hybridized carbons (Fsp3) is 0.143. The molecule has 3 N–H and O–H groups in total. The lowest BCUT2D eigenvalue weighted by molar-refractivity contribution is 0.884. The molecule has 0 aliphatic heterocycles. The Morgan fingerprint density at radius 2 is 1.84 bits per heavy atom. The second kappa shape index (κ2) is 6.04. The van der Waals surface area contributed by atoms with Gasteiger partial charge in [-0.2, -0.15) is 0 Å². The number of benzene rings is 2. The van der Waals surface area contributed by atoms with Crippen molar-refractivity contribution in [3.8, 4) is 0 Å². The fourth-order valence-corrected chi connectivity index (χ4v) is 2.53. The molecule has 0 radical (unpaired) electrons. The summed E-state index contributed by atoms with van der Waals surface area (Å²) < 4.78 is 1.04. The van der Waals surface area contributed by atoms with Gasteiger partial charge in [-0.05, 0) is 36.8 Å². The van der Waals surface area contributed by atoms with E-state index in [1.54, 1.807) is 12.1 Å². The summed E-state index contributed by atoms with van der Waals surface area (Å²) >= 11 is 15.4. The van der Waals surface area contributed by atoms with Crippen LogP contribution in [0.15, 0.2) is 40.9 Å². The third-order valence-electron chi connectivity index (χ3n) is 2.81. The minimum absolute atomic E-state index is 0.108. The van der Waals surface area contributed by atoms with Crippen molar-refractivity contribution in [1.29, 1.82) is 0 Å². The van der Waals surface area contributed by atoms with Gasteiger partial charge in [0, 0.05) is 10.5 Å². The zero-order valence-corrected chi connectivity index (χ0v) is 13.4. The fourth-order valence-electron chi connectivity index (χ4n) is 1.78. The van der Waals surface area contributed by atoms with Crippen molar-refractivity contribution < 1.29 is 0 Å². The van der Waals surface area contributed by atoms with E-state index in [1.807, 2.05) is 12.1 Å². The first-order chi connectivity index (χ1) is 8.97. The molecule has 5 heteroatoms. The highest BCUT2D eigenvalue weighted by Gasteiger charge is 2.10. The quantitative estimate of drug-likeness (QED) is 0.709. The van der Waals surface area contributed by atoms with Crippen molar-refractivity contribution >= 4 is 50.5 Å². The molecule has 2 aromatic carbocycles. The number of halogens is 3. The van der Waals surface area contributed by atoms with E-state index in [2.05, 4.69) is 40.3 Å². The number of hydrogen-bond donors (Lipinski definition) is 2. The van der Waals surface area contributed by atoms with Crippen LogP contribution in [0.1, 0.15) is 18.5 Å². The maximum atomic E-state index is 6.01.